The number of nitrogens with two attached hydrogens (primary N) is 1. The molecular weight excluding hydrogens is 328 g/mol. The summed E-state index contributed by atoms with van der Waals surface area (Å²) in [6, 6.07) is 5.64. The maximum atomic E-state index is 6.02. The van der Waals surface area contributed by atoms with E-state index in [4.69, 9.17) is 21.9 Å². The zero-order valence-corrected chi connectivity index (χ0v) is 14.9. The molecule has 3 aromatic rings. The lowest BCUT2D eigenvalue weighted by molar-refractivity contribution is 0.210. The van der Waals surface area contributed by atoms with Gasteiger partial charge in [0.2, 0.25) is 5.89 Å². The Morgan fingerprint density at radius 3 is 2.79 bits per heavy atom. The van der Waals surface area contributed by atoms with Gasteiger partial charge in [0.15, 0.2) is 5.82 Å². The van der Waals surface area contributed by atoms with Gasteiger partial charge in [0.25, 0.3) is 0 Å². The van der Waals surface area contributed by atoms with Gasteiger partial charge < -0.3 is 15.2 Å². The number of aromatic amines is 1. The molecule has 3 N–H and O–H groups in total. The van der Waals surface area contributed by atoms with Crippen molar-refractivity contribution in [2.45, 2.75) is 38.9 Å². The number of H-pyrrole nitrogens is 1. The third-order valence-corrected chi connectivity index (χ3v) is 4.18. The minimum absolute atomic E-state index is 0.0393. The van der Waals surface area contributed by atoms with Gasteiger partial charge in [0.1, 0.15) is 5.82 Å². The lowest BCUT2D eigenvalue weighted by atomic mass is 10.1. The molecule has 0 radical (unpaired) electrons. The van der Waals surface area contributed by atoms with E-state index in [9.17, 15) is 0 Å². The highest BCUT2D eigenvalue weighted by Crippen LogP contribution is 2.23. The number of fused-ring (bicyclic) bond motifs is 1. The summed E-state index contributed by atoms with van der Waals surface area (Å²) >= 11 is 6.02. The molecule has 0 fully saturated rings. The van der Waals surface area contributed by atoms with Crippen LogP contribution in [0.3, 0.4) is 0 Å². The first-order valence-electron chi connectivity index (χ1n) is 7.71. The van der Waals surface area contributed by atoms with Gasteiger partial charge in [-0.25, -0.2) is 4.98 Å². The van der Waals surface area contributed by atoms with Gasteiger partial charge in [0, 0.05) is 5.02 Å². The quantitative estimate of drug-likeness (QED) is 0.735. The largest absolute Gasteiger partial charge is 0.341 e. The second kappa shape index (κ2) is 6.16. The molecule has 0 aliphatic heterocycles. The first-order chi connectivity index (χ1) is 11.2. The molecule has 8 heteroatoms. The normalized spacial score (nSPS) is 13.8. The van der Waals surface area contributed by atoms with Crippen molar-refractivity contribution in [3.8, 4) is 0 Å². The summed E-state index contributed by atoms with van der Waals surface area (Å²) in [6.07, 6.45) is 0. The average molecular weight is 349 g/mol. The van der Waals surface area contributed by atoms with Crippen LogP contribution in [0.25, 0.3) is 11.0 Å². The van der Waals surface area contributed by atoms with E-state index < -0.39 is 5.54 Å². The van der Waals surface area contributed by atoms with Crippen LogP contribution in [-0.2, 0) is 12.1 Å². The van der Waals surface area contributed by atoms with Crippen LogP contribution in [0.1, 0.15) is 44.4 Å². The molecule has 1 atom stereocenters. The molecule has 0 aliphatic carbocycles. The molecule has 7 nitrogen and oxygen atoms in total. The lowest BCUT2D eigenvalue weighted by Gasteiger charge is -2.20. The summed E-state index contributed by atoms with van der Waals surface area (Å²) in [6.45, 7) is 6.24. The Bertz CT molecular complexity index is 850. The third kappa shape index (κ3) is 3.43. The number of benzene rings is 1. The van der Waals surface area contributed by atoms with Gasteiger partial charge in [-0.1, -0.05) is 16.8 Å². The summed E-state index contributed by atoms with van der Waals surface area (Å²) in [5.74, 6) is 1.88. The molecule has 1 aromatic carbocycles. The first-order valence-corrected chi connectivity index (χ1v) is 8.09. The molecular formula is C16H21ClN6O. The number of aromatic nitrogens is 4. The van der Waals surface area contributed by atoms with Crippen molar-refractivity contribution in [2.24, 2.45) is 5.73 Å². The zero-order valence-electron chi connectivity index (χ0n) is 14.2. The van der Waals surface area contributed by atoms with Gasteiger partial charge in [-0.15, -0.1) is 0 Å². The zero-order chi connectivity index (χ0) is 17.5. The second-order valence-corrected chi connectivity index (χ2v) is 7.04. The molecule has 0 saturated carbocycles. The van der Waals surface area contributed by atoms with Crippen molar-refractivity contribution >= 4 is 22.6 Å². The fourth-order valence-electron chi connectivity index (χ4n) is 2.34. The summed E-state index contributed by atoms with van der Waals surface area (Å²) in [7, 11) is 1.97. The number of imidazole rings is 1. The Labute approximate surface area is 145 Å². The molecule has 128 valence electrons. The molecule has 24 heavy (non-hydrogen) atoms. The molecule has 0 spiro atoms. The lowest BCUT2D eigenvalue weighted by Crippen LogP contribution is -2.30. The highest BCUT2D eigenvalue weighted by Gasteiger charge is 2.23. The molecule has 3 rings (SSSR count). The van der Waals surface area contributed by atoms with E-state index in [0.717, 1.165) is 16.9 Å². The highest BCUT2D eigenvalue weighted by atomic mass is 35.5. The Morgan fingerprint density at radius 1 is 1.38 bits per heavy atom. The van der Waals surface area contributed by atoms with Crippen LogP contribution in [0.15, 0.2) is 22.7 Å². The molecule has 0 aliphatic rings. The monoisotopic (exact) mass is 348 g/mol. The van der Waals surface area contributed by atoms with E-state index >= 15 is 0 Å². The van der Waals surface area contributed by atoms with Crippen molar-refractivity contribution in [3.05, 3.63) is 40.8 Å². The molecule has 0 amide bonds. The predicted octanol–water partition coefficient (Wildman–Crippen LogP) is 2.99. The van der Waals surface area contributed by atoms with E-state index in [2.05, 4.69) is 31.9 Å². The van der Waals surface area contributed by atoms with Crippen molar-refractivity contribution in [1.29, 1.82) is 0 Å². The van der Waals surface area contributed by atoms with Gasteiger partial charge in [-0.3, -0.25) is 4.90 Å². The molecule has 0 bridgehead atoms. The minimum Gasteiger partial charge on any atom is -0.341 e. The molecule has 0 saturated heterocycles. The molecule has 2 aromatic heterocycles. The maximum absolute atomic E-state index is 6.02. The van der Waals surface area contributed by atoms with Crippen LogP contribution in [0.5, 0.6) is 0 Å². The third-order valence-electron chi connectivity index (χ3n) is 3.95. The van der Waals surface area contributed by atoms with E-state index in [1.807, 2.05) is 39.1 Å². The van der Waals surface area contributed by atoms with Gasteiger partial charge in [0.05, 0.1) is 29.2 Å². The standard InChI is InChI=1S/C16H21ClN6O/c1-9(14-19-11-6-5-10(17)7-12(11)20-14)23(4)8-13-21-15(22-24-13)16(2,3)18/h5-7,9H,8,18H2,1-4H3,(H,19,20). The highest BCUT2D eigenvalue weighted by molar-refractivity contribution is 6.31. The second-order valence-electron chi connectivity index (χ2n) is 6.61. The Morgan fingerprint density at radius 2 is 2.12 bits per heavy atom. The number of nitrogens with one attached hydrogen (secondary N) is 1. The van der Waals surface area contributed by atoms with Gasteiger partial charge >= 0.3 is 0 Å². The fraction of sp³-hybridized carbons (Fsp3) is 0.438. The summed E-state index contributed by atoms with van der Waals surface area (Å²) in [4.78, 5) is 14.4. The SMILES string of the molecule is CC(c1nc2ccc(Cl)cc2[nH]1)N(C)Cc1nc(C(C)(C)N)no1. The number of hydrogen-bond acceptors (Lipinski definition) is 6. The Balaban J connectivity index is 1.76. The summed E-state index contributed by atoms with van der Waals surface area (Å²) in [5.41, 5.74) is 7.17. The van der Waals surface area contributed by atoms with Gasteiger partial charge in [-0.2, -0.15) is 4.98 Å². The number of rotatable bonds is 5. The van der Waals surface area contributed by atoms with Crippen molar-refractivity contribution < 1.29 is 4.52 Å². The van der Waals surface area contributed by atoms with Gasteiger partial charge in [-0.05, 0) is 46.0 Å². The fourth-order valence-corrected chi connectivity index (χ4v) is 2.51. The summed E-state index contributed by atoms with van der Waals surface area (Å²) < 4.78 is 5.29. The van der Waals surface area contributed by atoms with E-state index in [-0.39, 0.29) is 6.04 Å². The van der Waals surface area contributed by atoms with Crippen molar-refractivity contribution in [2.75, 3.05) is 7.05 Å². The summed E-state index contributed by atoms with van der Waals surface area (Å²) in [5, 5.41) is 4.62. The first kappa shape index (κ1) is 16.9. The van der Waals surface area contributed by atoms with Crippen molar-refractivity contribution in [1.82, 2.24) is 25.0 Å². The topological polar surface area (TPSA) is 96.9 Å². The average Bonchev–Trinajstić information content (AvgIpc) is 3.11. The van der Waals surface area contributed by atoms with E-state index in [0.29, 0.717) is 23.3 Å². The van der Waals surface area contributed by atoms with E-state index in [1.165, 1.54) is 0 Å². The van der Waals surface area contributed by atoms with Crippen LogP contribution >= 0.6 is 11.6 Å². The van der Waals surface area contributed by atoms with Crippen LogP contribution in [0.4, 0.5) is 0 Å². The molecule has 2 heterocycles. The van der Waals surface area contributed by atoms with E-state index in [1.54, 1.807) is 0 Å². The number of nitrogens with zero attached hydrogens (tertiary/aromatic N) is 4. The minimum atomic E-state index is -0.621. The van der Waals surface area contributed by atoms with Crippen LogP contribution in [0, 0.1) is 0 Å². The van der Waals surface area contributed by atoms with Crippen LogP contribution < -0.4 is 5.73 Å². The Kier molecular flexibility index (Phi) is 4.33. The number of hydrogen-bond donors (Lipinski definition) is 2. The Hall–Kier alpha value is -1.96. The molecule has 1 unspecified atom stereocenters. The van der Waals surface area contributed by atoms with Crippen molar-refractivity contribution in [3.63, 3.8) is 0 Å². The maximum Gasteiger partial charge on any atom is 0.240 e. The van der Waals surface area contributed by atoms with Crippen LogP contribution in [-0.4, -0.2) is 32.1 Å². The smallest absolute Gasteiger partial charge is 0.240 e. The predicted molar refractivity (Wildman–Crippen MR) is 92.5 cm³/mol. The van der Waals surface area contributed by atoms with Crippen LogP contribution in [0.2, 0.25) is 5.02 Å². The number of halogens is 1.